The first-order valence-corrected chi connectivity index (χ1v) is 19.4. The Morgan fingerprint density at radius 2 is 1.80 bits per heavy atom. The minimum absolute atomic E-state index is 0.0367. The zero-order chi connectivity index (χ0) is 39.0. The number of ketones is 1. The van der Waals surface area contributed by atoms with Crippen LogP contribution in [0.1, 0.15) is 105 Å². The van der Waals surface area contributed by atoms with Gasteiger partial charge in [-0.1, -0.05) is 42.8 Å². The molecule has 1 fully saturated rings. The van der Waals surface area contributed by atoms with Crippen molar-refractivity contribution >= 4 is 58.1 Å². The van der Waals surface area contributed by atoms with Gasteiger partial charge in [0.25, 0.3) is 17.7 Å². The molecule has 0 radical (unpaired) electrons. The van der Waals surface area contributed by atoms with E-state index in [1.165, 1.54) is 17.0 Å². The van der Waals surface area contributed by atoms with Gasteiger partial charge in [-0.2, -0.15) is 0 Å². The van der Waals surface area contributed by atoms with Crippen molar-refractivity contribution in [3.05, 3.63) is 104 Å². The topological polar surface area (TPSA) is 165 Å². The van der Waals surface area contributed by atoms with E-state index in [4.69, 9.17) is 21.3 Å². The standard InChI is InChI=1S/C40H40ClN7O6S/c1-21-12-17-30(37(51)43-21)48-38(52)28-10-8-11-31(34(28)39(48)53)54-20-32(50)42-18-7-5-6-9-27(49)19-29-36-46-45-24(4)47(36)40-33(22(2)23(3)55-40)35(44-29)25-13-15-26(41)16-14-25/h8,10-11,13-16,29-30H,1,5-7,9,12,17-20H2,2-4H3,(H,42,50)(H,43,51)/t29-,30?/m0/s1. The SMILES string of the molecule is C=C1CCC(N2C(=O)c3cccc(OCC(=O)NCCCCCC(=O)C[C@@H]4N=C(c5ccc(Cl)cc5)c5c(sc(C)c5C)-n5c(C)nnc54)c3C2=O)C(=O)N1. The van der Waals surface area contributed by atoms with E-state index in [0.29, 0.717) is 55.2 Å². The van der Waals surface area contributed by atoms with Crippen LogP contribution in [0.5, 0.6) is 5.75 Å². The molecule has 3 aliphatic heterocycles. The number of nitrogens with one attached hydrogen (secondary N) is 2. The molecule has 1 saturated heterocycles. The maximum Gasteiger partial charge on any atom is 0.266 e. The molecule has 2 N–H and O–H groups in total. The minimum Gasteiger partial charge on any atom is -0.483 e. The summed E-state index contributed by atoms with van der Waals surface area (Å²) in [6, 6.07) is 10.7. The monoisotopic (exact) mass is 781 g/mol. The molecule has 55 heavy (non-hydrogen) atoms. The normalized spacial score (nSPS) is 17.6. The van der Waals surface area contributed by atoms with Gasteiger partial charge in [0.15, 0.2) is 12.4 Å². The molecular formula is C40H40ClN7O6S. The second-order valence-electron chi connectivity index (χ2n) is 13.9. The van der Waals surface area contributed by atoms with Crippen LogP contribution in [-0.4, -0.2) is 74.0 Å². The van der Waals surface area contributed by atoms with Gasteiger partial charge >= 0.3 is 0 Å². The molecule has 0 saturated carbocycles. The molecule has 13 nitrogen and oxygen atoms in total. The number of carbonyl (C=O) groups is 5. The van der Waals surface area contributed by atoms with E-state index >= 15 is 0 Å². The van der Waals surface area contributed by atoms with E-state index in [9.17, 15) is 24.0 Å². The molecule has 15 heteroatoms. The predicted molar refractivity (Wildman–Crippen MR) is 207 cm³/mol. The van der Waals surface area contributed by atoms with Crippen molar-refractivity contribution in [3.63, 3.8) is 0 Å². The number of aromatic nitrogens is 3. The van der Waals surface area contributed by atoms with Gasteiger partial charge in [-0.05, 0) is 76.3 Å². The Kier molecular flexibility index (Phi) is 10.8. The van der Waals surface area contributed by atoms with Gasteiger partial charge in [0.1, 0.15) is 34.4 Å². The van der Waals surface area contributed by atoms with Crippen molar-refractivity contribution in [2.45, 2.75) is 77.8 Å². The molecule has 0 aliphatic carbocycles. The fraction of sp³-hybridized carbons (Fsp3) is 0.350. The Labute approximate surface area is 326 Å². The predicted octanol–water partition coefficient (Wildman–Crippen LogP) is 5.90. The summed E-state index contributed by atoms with van der Waals surface area (Å²) in [7, 11) is 0. The third-order valence-corrected chi connectivity index (χ3v) is 11.6. The van der Waals surface area contributed by atoms with Crippen LogP contribution in [0.25, 0.3) is 5.00 Å². The third-order valence-electron chi connectivity index (χ3n) is 10.1. The number of rotatable bonds is 13. The number of benzene rings is 2. The van der Waals surface area contributed by atoms with Crippen LogP contribution < -0.4 is 15.4 Å². The van der Waals surface area contributed by atoms with Gasteiger partial charge in [-0.15, -0.1) is 21.5 Å². The van der Waals surface area contributed by atoms with Crippen molar-refractivity contribution in [2.75, 3.05) is 13.2 Å². The molecule has 2 aromatic carbocycles. The Morgan fingerprint density at radius 1 is 1.02 bits per heavy atom. The zero-order valence-corrected chi connectivity index (χ0v) is 32.3. The fourth-order valence-corrected chi connectivity index (χ4v) is 8.52. The number of hydrogen-bond acceptors (Lipinski definition) is 10. The lowest BCUT2D eigenvalue weighted by molar-refractivity contribution is -0.125. The summed E-state index contributed by atoms with van der Waals surface area (Å²) in [5.41, 5.74) is 4.55. The first-order chi connectivity index (χ1) is 26.4. The van der Waals surface area contributed by atoms with Crippen LogP contribution in [0.2, 0.25) is 5.02 Å². The largest absolute Gasteiger partial charge is 0.483 e. The average molecular weight is 782 g/mol. The first-order valence-electron chi connectivity index (χ1n) is 18.2. The lowest BCUT2D eigenvalue weighted by Crippen LogP contribution is -2.51. The first kappa shape index (κ1) is 37.8. The van der Waals surface area contributed by atoms with Crippen LogP contribution in [0.3, 0.4) is 0 Å². The average Bonchev–Trinajstić information content (AvgIpc) is 3.73. The van der Waals surface area contributed by atoms with Crippen molar-refractivity contribution in [1.82, 2.24) is 30.3 Å². The number of ether oxygens (including phenoxy) is 1. The molecule has 1 unspecified atom stereocenters. The lowest BCUT2D eigenvalue weighted by Gasteiger charge is -2.29. The maximum absolute atomic E-state index is 13.4. The third kappa shape index (κ3) is 7.48. The molecule has 5 heterocycles. The van der Waals surface area contributed by atoms with Crippen LogP contribution in [0.4, 0.5) is 0 Å². The van der Waals surface area contributed by atoms with Crippen LogP contribution in [0, 0.1) is 20.8 Å². The summed E-state index contributed by atoms with van der Waals surface area (Å²) < 4.78 is 7.73. The van der Waals surface area contributed by atoms with E-state index in [1.54, 1.807) is 17.4 Å². The quantitative estimate of drug-likeness (QED) is 0.125. The van der Waals surface area contributed by atoms with Gasteiger partial charge in [-0.25, -0.2) is 0 Å². The number of piperidine rings is 1. The molecule has 3 aliphatic rings. The summed E-state index contributed by atoms with van der Waals surface area (Å²) in [6.07, 6.45) is 3.26. The number of aryl methyl sites for hydroxylation is 2. The number of Topliss-reactive ketones (excluding diaryl/α,β-unsaturated/α-hetero) is 1. The number of amides is 4. The number of aliphatic imine (C=N–C) groups is 1. The van der Waals surface area contributed by atoms with E-state index in [2.05, 4.69) is 41.3 Å². The fourth-order valence-electron chi connectivity index (χ4n) is 7.18. The van der Waals surface area contributed by atoms with Crippen LogP contribution in [0.15, 0.2) is 59.7 Å². The summed E-state index contributed by atoms with van der Waals surface area (Å²) in [4.78, 5) is 72.3. The van der Waals surface area contributed by atoms with Crippen molar-refractivity contribution < 1.29 is 28.7 Å². The summed E-state index contributed by atoms with van der Waals surface area (Å²) in [5.74, 6) is -0.542. The number of allylic oxidation sites excluding steroid dienone is 1. The number of nitrogens with zero attached hydrogens (tertiary/aromatic N) is 5. The number of unbranched alkanes of at least 4 members (excludes halogenated alkanes) is 2. The second-order valence-corrected chi connectivity index (χ2v) is 15.5. The number of hydrogen-bond donors (Lipinski definition) is 2. The van der Waals surface area contributed by atoms with E-state index < -0.39 is 35.7 Å². The molecular weight excluding hydrogens is 742 g/mol. The molecule has 2 aromatic heterocycles. The Morgan fingerprint density at radius 3 is 2.56 bits per heavy atom. The molecule has 4 aromatic rings. The number of thiophene rings is 1. The highest BCUT2D eigenvalue weighted by Crippen LogP contribution is 2.40. The van der Waals surface area contributed by atoms with E-state index in [-0.39, 0.29) is 42.1 Å². The highest BCUT2D eigenvalue weighted by atomic mass is 35.5. The van der Waals surface area contributed by atoms with Crippen LogP contribution >= 0.6 is 22.9 Å². The highest BCUT2D eigenvalue weighted by molar-refractivity contribution is 7.15. The molecule has 4 amide bonds. The maximum atomic E-state index is 13.4. The minimum atomic E-state index is -0.947. The zero-order valence-electron chi connectivity index (χ0n) is 30.7. The van der Waals surface area contributed by atoms with Gasteiger partial charge in [0, 0.05) is 46.1 Å². The van der Waals surface area contributed by atoms with Crippen molar-refractivity contribution in [3.8, 4) is 10.8 Å². The van der Waals surface area contributed by atoms with Crippen molar-refractivity contribution in [1.29, 1.82) is 0 Å². The second kappa shape index (κ2) is 15.7. The van der Waals surface area contributed by atoms with E-state index in [1.807, 2.05) is 35.8 Å². The summed E-state index contributed by atoms with van der Waals surface area (Å²) >= 11 is 7.88. The van der Waals surface area contributed by atoms with Crippen LogP contribution in [-0.2, 0) is 14.4 Å². The van der Waals surface area contributed by atoms with Gasteiger partial charge in [0.2, 0.25) is 5.91 Å². The molecule has 2 atom stereocenters. The highest BCUT2D eigenvalue weighted by Gasteiger charge is 2.45. The Balaban J connectivity index is 0.906. The molecule has 0 bridgehead atoms. The number of fused-ring (bicyclic) bond motifs is 4. The van der Waals surface area contributed by atoms with Gasteiger partial charge in [0.05, 0.1) is 16.8 Å². The summed E-state index contributed by atoms with van der Waals surface area (Å²) in [6.45, 7) is 9.83. The number of imide groups is 1. The smallest absolute Gasteiger partial charge is 0.266 e. The van der Waals surface area contributed by atoms with Gasteiger partial charge < -0.3 is 15.4 Å². The number of carbonyl (C=O) groups excluding carboxylic acids is 5. The molecule has 7 rings (SSSR count). The van der Waals surface area contributed by atoms with Crippen molar-refractivity contribution in [2.24, 2.45) is 4.99 Å². The lowest BCUT2D eigenvalue weighted by atomic mass is 9.99. The van der Waals surface area contributed by atoms with Gasteiger partial charge in [-0.3, -0.25) is 38.4 Å². The summed E-state index contributed by atoms with van der Waals surface area (Å²) in [5, 5.41) is 15.9. The molecule has 284 valence electrons. The Hall–Kier alpha value is -5.47. The molecule has 0 spiro atoms. The Bertz CT molecular complexity index is 2280. The number of halogens is 1. The van der Waals surface area contributed by atoms with E-state index in [0.717, 1.165) is 38.1 Å².